The van der Waals surface area contributed by atoms with Gasteiger partial charge >= 0.3 is 0 Å². The number of morpholine rings is 1. The molecule has 204 valence electrons. The zero-order valence-corrected chi connectivity index (χ0v) is 26.1. The lowest BCUT2D eigenvalue weighted by Crippen LogP contribution is -2.44. The first-order valence-electron chi connectivity index (χ1n) is 13.3. The first kappa shape index (κ1) is 29.1. The molecule has 0 bridgehead atoms. The second-order valence-corrected chi connectivity index (χ2v) is 11.9. The van der Waals surface area contributed by atoms with Gasteiger partial charge in [-0.15, -0.1) is 0 Å². The number of benzene rings is 2. The molecule has 1 unspecified atom stereocenters. The summed E-state index contributed by atoms with van der Waals surface area (Å²) in [5, 5.41) is 0.807. The highest BCUT2D eigenvalue weighted by molar-refractivity contribution is 14.1. The number of nitrogens with zero attached hydrogens (tertiary/aromatic N) is 3. The summed E-state index contributed by atoms with van der Waals surface area (Å²) in [6.07, 6.45) is 1.73. The lowest BCUT2D eigenvalue weighted by atomic mass is 9.88. The van der Waals surface area contributed by atoms with Gasteiger partial charge in [0, 0.05) is 47.2 Å². The third-order valence-corrected chi connectivity index (χ3v) is 9.31. The standard InChI is InChI=1S/C31H39ClIN3O2/c1-20(2)22(4)31(23(5)37-6)25-9-11-29-28(18-25)34-30(12-8-24-7-10-27(33)26(32)17-24)36(29)19-21(3)35-13-15-38-16-14-35/h7,9-11,17-18,21-22H,1,8,12-16,19H2,2-6H3/b31-23+/t21-,22?/m0/s1. The fourth-order valence-electron chi connectivity index (χ4n) is 5.21. The molecule has 4 rings (SSSR count). The van der Waals surface area contributed by atoms with Crippen LogP contribution in [0.4, 0.5) is 0 Å². The molecule has 1 fully saturated rings. The minimum absolute atomic E-state index is 0.181. The average molecular weight is 648 g/mol. The van der Waals surface area contributed by atoms with Gasteiger partial charge in [0.05, 0.1) is 42.1 Å². The van der Waals surface area contributed by atoms with Crippen molar-refractivity contribution >= 4 is 50.8 Å². The van der Waals surface area contributed by atoms with Gasteiger partial charge in [0.1, 0.15) is 5.82 Å². The van der Waals surface area contributed by atoms with Crippen LogP contribution in [0, 0.1) is 9.49 Å². The van der Waals surface area contributed by atoms with Crippen molar-refractivity contribution in [1.82, 2.24) is 14.5 Å². The van der Waals surface area contributed by atoms with Gasteiger partial charge in [0.2, 0.25) is 0 Å². The van der Waals surface area contributed by atoms with Crippen molar-refractivity contribution in [3.05, 3.63) is 79.9 Å². The van der Waals surface area contributed by atoms with Gasteiger partial charge in [-0.3, -0.25) is 4.90 Å². The minimum Gasteiger partial charge on any atom is -0.501 e. The average Bonchev–Trinajstić information content (AvgIpc) is 3.25. The Labute approximate surface area is 246 Å². The third-order valence-electron chi connectivity index (χ3n) is 7.73. The van der Waals surface area contributed by atoms with Crippen LogP contribution in [0.1, 0.15) is 44.6 Å². The number of aromatic nitrogens is 2. The third kappa shape index (κ3) is 6.64. The number of methoxy groups -OCH3 is 1. The number of hydrogen-bond acceptors (Lipinski definition) is 4. The van der Waals surface area contributed by atoms with Gasteiger partial charge < -0.3 is 14.0 Å². The Balaban J connectivity index is 1.72. The summed E-state index contributed by atoms with van der Waals surface area (Å²) in [4.78, 5) is 7.72. The summed E-state index contributed by atoms with van der Waals surface area (Å²) < 4.78 is 14.8. The molecule has 5 nitrogen and oxygen atoms in total. The number of aryl methyl sites for hydroxylation is 2. The fourth-order valence-corrected chi connectivity index (χ4v) is 5.74. The molecular formula is C31H39ClIN3O2. The fraction of sp³-hybridized carbons (Fsp3) is 0.452. The predicted molar refractivity (Wildman–Crippen MR) is 167 cm³/mol. The number of halogens is 2. The lowest BCUT2D eigenvalue weighted by molar-refractivity contribution is 0.0170. The molecule has 7 heteroatoms. The number of imidazole rings is 1. The van der Waals surface area contributed by atoms with E-state index in [-0.39, 0.29) is 5.92 Å². The van der Waals surface area contributed by atoms with Crippen molar-refractivity contribution in [2.45, 2.75) is 53.1 Å². The normalized spacial score (nSPS) is 16.8. The maximum Gasteiger partial charge on any atom is 0.110 e. The zero-order valence-electron chi connectivity index (χ0n) is 23.2. The van der Waals surface area contributed by atoms with E-state index in [1.165, 1.54) is 11.1 Å². The second-order valence-electron chi connectivity index (χ2n) is 10.3. The first-order chi connectivity index (χ1) is 18.2. The minimum atomic E-state index is 0.181. The van der Waals surface area contributed by atoms with Crippen LogP contribution in [0.3, 0.4) is 0 Å². The Bertz CT molecular complexity index is 1330. The van der Waals surface area contributed by atoms with Crippen molar-refractivity contribution < 1.29 is 9.47 Å². The van der Waals surface area contributed by atoms with Gasteiger partial charge in [0.15, 0.2) is 0 Å². The summed E-state index contributed by atoms with van der Waals surface area (Å²) in [6.45, 7) is 17.2. The van der Waals surface area contributed by atoms with Crippen LogP contribution >= 0.6 is 34.2 Å². The van der Waals surface area contributed by atoms with E-state index in [0.29, 0.717) is 6.04 Å². The second kappa shape index (κ2) is 13.0. The van der Waals surface area contributed by atoms with Crippen LogP contribution in [0.25, 0.3) is 16.6 Å². The Hall–Kier alpha value is -1.87. The Kier molecular flexibility index (Phi) is 9.95. The van der Waals surface area contributed by atoms with Crippen LogP contribution in [-0.2, 0) is 28.9 Å². The molecule has 0 spiro atoms. The Morgan fingerprint density at radius 1 is 1.13 bits per heavy atom. The number of hydrogen-bond donors (Lipinski definition) is 0. The van der Waals surface area contributed by atoms with Crippen LogP contribution in [0.15, 0.2) is 54.3 Å². The number of allylic oxidation sites excluding steroid dienone is 3. The van der Waals surface area contributed by atoms with Gasteiger partial charge in [0.25, 0.3) is 0 Å². The summed E-state index contributed by atoms with van der Waals surface area (Å²) in [5.41, 5.74) is 6.82. The lowest BCUT2D eigenvalue weighted by Gasteiger charge is -2.32. The SMILES string of the molecule is C=C(C)C(C)/C(=C(/C)OC)c1ccc2c(c1)nc(CCc1ccc(I)c(Cl)c1)n2C[C@H](C)N1CCOCC1. The van der Waals surface area contributed by atoms with Gasteiger partial charge in [-0.1, -0.05) is 42.8 Å². The molecule has 1 aromatic heterocycles. The van der Waals surface area contributed by atoms with Gasteiger partial charge in [-0.25, -0.2) is 4.98 Å². The van der Waals surface area contributed by atoms with E-state index in [2.05, 4.69) is 95.8 Å². The van der Waals surface area contributed by atoms with Crippen LogP contribution < -0.4 is 0 Å². The summed E-state index contributed by atoms with van der Waals surface area (Å²) >= 11 is 8.69. The molecule has 0 N–H and O–H groups in total. The monoisotopic (exact) mass is 647 g/mol. The number of rotatable bonds is 10. The largest absolute Gasteiger partial charge is 0.501 e. The molecule has 2 heterocycles. The topological polar surface area (TPSA) is 39.5 Å². The molecule has 38 heavy (non-hydrogen) atoms. The van der Waals surface area contributed by atoms with Gasteiger partial charge in [-0.05, 0) is 85.2 Å². The van der Waals surface area contributed by atoms with E-state index >= 15 is 0 Å². The maximum absolute atomic E-state index is 6.41. The summed E-state index contributed by atoms with van der Waals surface area (Å²) in [6, 6.07) is 13.4. The Morgan fingerprint density at radius 3 is 2.53 bits per heavy atom. The van der Waals surface area contributed by atoms with E-state index in [1.54, 1.807) is 7.11 Å². The van der Waals surface area contributed by atoms with Crippen molar-refractivity contribution in [2.75, 3.05) is 33.4 Å². The van der Waals surface area contributed by atoms with E-state index in [1.807, 2.05) is 6.92 Å². The molecule has 2 atom stereocenters. The Morgan fingerprint density at radius 2 is 1.87 bits per heavy atom. The van der Waals surface area contributed by atoms with Gasteiger partial charge in [-0.2, -0.15) is 0 Å². The number of ether oxygens (including phenoxy) is 2. The highest BCUT2D eigenvalue weighted by atomic mass is 127. The summed E-state index contributed by atoms with van der Waals surface area (Å²) in [7, 11) is 1.73. The predicted octanol–water partition coefficient (Wildman–Crippen LogP) is 7.39. The molecule has 0 amide bonds. The van der Waals surface area contributed by atoms with Crippen LogP contribution in [0.5, 0.6) is 0 Å². The summed E-state index contributed by atoms with van der Waals surface area (Å²) in [5.74, 6) is 2.20. The van der Waals surface area contributed by atoms with Crippen molar-refractivity contribution in [3.8, 4) is 0 Å². The molecule has 0 radical (unpaired) electrons. The van der Waals surface area contributed by atoms with E-state index in [4.69, 9.17) is 26.1 Å². The molecular weight excluding hydrogens is 609 g/mol. The maximum atomic E-state index is 6.41. The van der Waals surface area contributed by atoms with Crippen molar-refractivity contribution in [1.29, 1.82) is 0 Å². The van der Waals surface area contributed by atoms with Crippen LogP contribution in [-0.4, -0.2) is 53.9 Å². The number of fused-ring (bicyclic) bond motifs is 1. The first-order valence-corrected chi connectivity index (χ1v) is 14.8. The van der Waals surface area contributed by atoms with Crippen molar-refractivity contribution in [2.24, 2.45) is 5.92 Å². The quantitative estimate of drug-likeness (QED) is 0.131. The van der Waals surface area contributed by atoms with E-state index in [0.717, 1.165) is 88.1 Å². The molecule has 0 saturated carbocycles. The molecule has 1 aliphatic rings. The highest BCUT2D eigenvalue weighted by Gasteiger charge is 2.22. The zero-order chi connectivity index (χ0) is 27.4. The highest BCUT2D eigenvalue weighted by Crippen LogP contribution is 2.33. The molecule has 1 saturated heterocycles. The molecule has 1 aliphatic heterocycles. The van der Waals surface area contributed by atoms with E-state index in [9.17, 15) is 0 Å². The molecule has 2 aromatic carbocycles. The van der Waals surface area contributed by atoms with E-state index < -0.39 is 0 Å². The van der Waals surface area contributed by atoms with Crippen LogP contribution in [0.2, 0.25) is 5.02 Å². The molecule has 3 aromatic rings. The van der Waals surface area contributed by atoms with Crippen molar-refractivity contribution in [3.63, 3.8) is 0 Å². The smallest absolute Gasteiger partial charge is 0.110 e. The molecule has 0 aliphatic carbocycles.